The van der Waals surface area contributed by atoms with Crippen molar-refractivity contribution in [3.8, 4) is 0 Å². The number of carbonyl (C=O) groups is 1. The van der Waals surface area contributed by atoms with Gasteiger partial charge in [-0.2, -0.15) is 0 Å². The Morgan fingerprint density at radius 3 is 2.69 bits per heavy atom. The van der Waals surface area contributed by atoms with Crippen molar-refractivity contribution in [3.05, 3.63) is 47.7 Å². The topological polar surface area (TPSA) is 26.3 Å². The van der Waals surface area contributed by atoms with Crippen LogP contribution in [0.4, 0.5) is 0 Å². The quantitative estimate of drug-likeness (QED) is 0.573. The summed E-state index contributed by atoms with van der Waals surface area (Å²) in [5.41, 5.74) is 2.67. The zero-order valence-electron chi connectivity index (χ0n) is 9.64. The molecule has 1 aromatic rings. The summed E-state index contributed by atoms with van der Waals surface area (Å²) in [4.78, 5) is 10.6. The van der Waals surface area contributed by atoms with Crippen LogP contribution in [0.15, 0.2) is 36.6 Å². The van der Waals surface area contributed by atoms with E-state index in [1.165, 1.54) is 24.3 Å². The lowest BCUT2D eigenvalue weighted by Gasteiger charge is -1.98. The molecule has 16 heavy (non-hydrogen) atoms. The Balaban J connectivity index is 1.89. The molecule has 84 valence electrons. The van der Waals surface area contributed by atoms with Gasteiger partial charge >= 0.3 is 5.97 Å². The van der Waals surface area contributed by atoms with E-state index in [4.69, 9.17) is 4.74 Å². The summed E-state index contributed by atoms with van der Waals surface area (Å²) in [6, 6.07) is 8.64. The van der Waals surface area contributed by atoms with E-state index in [0.29, 0.717) is 11.8 Å². The van der Waals surface area contributed by atoms with Crippen LogP contribution in [0, 0.1) is 12.8 Å². The van der Waals surface area contributed by atoms with Gasteiger partial charge in [0.1, 0.15) is 0 Å². The number of carbonyl (C=O) groups excluding carboxylic acids is 1. The Morgan fingerprint density at radius 2 is 2.06 bits per heavy atom. The van der Waals surface area contributed by atoms with Crippen LogP contribution in [0.5, 0.6) is 0 Å². The Hall–Kier alpha value is -1.57. The third-order valence-corrected chi connectivity index (χ3v) is 2.91. The van der Waals surface area contributed by atoms with Crippen LogP contribution in [0.1, 0.15) is 30.4 Å². The van der Waals surface area contributed by atoms with Crippen LogP contribution in [-0.4, -0.2) is 5.97 Å². The molecule has 0 spiro atoms. The first-order valence-corrected chi connectivity index (χ1v) is 5.57. The lowest BCUT2D eigenvalue weighted by Crippen LogP contribution is -1.89. The highest BCUT2D eigenvalue weighted by Crippen LogP contribution is 2.48. The van der Waals surface area contributed by atoms with Gasteiger partial charge in [-0.1, -0.05) is 29.8 Å². The molecule has 0 radical (unpaired) electrons. The Labute approximate surface area is 95.9 Å². The lowest BCUT2D eigenvalue weighted by molar-refractivity contribution is -0.135. The molecule has 1 fully saturated rings. The van der Waals surface area contributed by atoms with Gasteiger partial charge in [0, 0.05) is 6.92 Å². The van der Waals surface area contributed by atoms with Crippen molar-refractivity contribution < 1.29 is 9.53 Å². The van der Waals surface area contributed by atoms with Gasteiger partial charge in [-0.25, -0.2) is 0 Å². The maximum Gasteiger partial charge on any atom is 0.307 e. The van der Waals surface area contributed by atoms with Crippen LogP contribution in [0.2, 0.25) is 0 Å². The van der Waals surface area contributed by atoms with Gasteiger partial charge in [0.05, 0.1) is 6.26 Å². The van der Waals surface area contributed by atoms with E-state index >= 15 is 0 Å². The van der Waals surface area contributed by atoms with E-state index < -0.39 is 0 Å². The van der Waals surface area contributed by atoms with E-state index in [1.807, 2.05) is 6.08 Å². The maximum absolute atomic E-state index is 10.6. The molecule has 1 saturated carbocycles. The Morgan fingerprint density at radius 1 is 1.38 bits per heavy atom. The van der Waals surface area contributed by atoms with Gasteiger partial charge in [-0.05, 0) is 36.8 Å². The van der Waals surface area contributed by atoms with Crippen molar-refractivity contribution >= 4 is 5.97 Å². The molecular weight excluding hydrogens is 200 g/mol. The highest BCUT2D eigenvalue weighted by molar-refractivity contribution is 5.66. The summed E-state index contributed by atoms with van der Waals surface area (Å²) in [6.45, 7) is 3.50. The fourth-order valence-electron chi connectivity index (χ4n) is 1.86. The van der Waals surface area contributed by atoms with Crippen molar-refractivity contribution in [1.29, 1.82) is 0 Å². The molecule has 0 saturated heterocycles. The summed E-state index contributed by atoms with van der Waals surface area (Å²) >= 11 is 0. The summed E-state index contributed by atoms with van der Waals surface area (Å²) in [5, 5.41) is 0. The summed E-state index contributed by atoms with van der Waals surface area (Å²) < 4.78 is 4.78. The van der Waals surface area contributed by atoms with Crippen molar-refractivity contribution in [2.24, 2.45) is 5.92 Å². The number of esters is 1. The first-order chi connectivity index (χ1) is 7.66. The van der Waals surface area contributed by atoms with Crippen LogP contribution < -0.4 is 0 Å². The fourth-order valence-corrected chi connectivity index (χ4v) is 1.86. The first kappa shape index (κ1) is 10.9. The molecule has 0 heterocycles. The minimum absolute atomic E-state index is 0.260. The maximum atomic E-state index is 10.6. The summed E-state index contributed by atoms with van der Waals surface area (Å²) in [6.07, 6.45) is 4.65. The highest BCUT2D eigenvalue weighted by atomic mass is 16.5. The third kappa shape index (κ3) is 2.72. The zero-order valence-corrected chi connectivity index (χ0v) is 9.64. The van der Waals surface area contributed by atoms with Gasteiger partial charge in [0.2, 0.25) is 0 Å². The minimum Gasteiger partial charge on any atom is -0.435 e. The molecule has 0 unspecified atom stereocenters. The smallest absolute Gasteiger partial charge is 0.307 e. The second kappa shape index (κ2) is 4.52. The first-order valence-electron chi connectivity index (χ1n) is 5.57. The molecular formula is C14H16O2. The number of ether oxygens (including phenoxy) is 1. The molecule has 0 bridgehead atoms. The lowest BCUT2D eigenvalue weighted by atomic mass is 10.1. The molecule has 0 aromatic heterocycles. The van der Waals surface area contributed by atoms with E-state index in [2.05, 4.69) is 31.2 Å². The standard InChI is InChI=1S/C14H16O2/c1-10-3-5-12(6-4-10)14-9-13(14)7-8-16-11(2)15/h3-8,13-14H,9H2,1-2H3/b8-7-/t13-,14-/m1/s1. The number of rotatable bonds is 3. The van der Waals surface area contributed by atoms with E-state index in [0.717, 1.165) is 6.42 Å². The fraction of sp³-hybridized carbons (Fsp3) is 0.357. The molecule has 1 aromatic carbocycles. The average molecular weight is 216 g/mol. The Kier molecular flexibility index (Phi) is 3.09. The monoisotopic (exact) mass is 216 g/mol. The number of allylic oxidation sites excluding steroid dienone is 1. The van der Waals surface area contributed by atoms with Crippen molar-refractivity contribution in [1.82, 2.24) is 0 Å². The predicted molar refractivity (Wildman–Crippen MR) is 62.9 cm³/mol. The molecule has 0 amide bonds. The summed E-state index contributed by atoms with van der Waals surface area (Å²) in [5.74, 6) is 0.873. The average Bonchev–Trinajstić information content (AvgIpc) is 2.98. The summed E-state index contributed by atoms with van der Waals surface area (Å²) in [7, 11) is 0. The molecule has 2 atom stereocenters. The molecule has 1 aliphatic carbocycles. The largest absolute Gasteiger partial charge is 0.435 e. The molecule has 2 rings (SSSR count). The number of hydrogen-bond acceptors (Lipinski definition) is 2. The molecule has 0 aliphatic heterocycles. The molecule has 0 N–H and O–H groups in total. The number of benzene rings is 1. The van der Waals surface area contributed by atoms with Gasteiger partial charge < -0.3 is 4.74 Å². The van der Waals surface area contributed by atoms with Crippen molar-refractivity contribution in [2.75, 3.05) is 0 Å². The second-order valence-electron chi connectivity index (χ2n) is 4.35. The SMILES string of the molecule is CC(=O)O/C=C\[C@@H]1C[C@@H]1c1ccc(C)cc1. The molecule has 1 aliphatic rings. The molecule has 2 heteroatoms. The number of hydrogen-bond donors (Lipinski definition) is 0. The van der Waals surface area contributed by atoms with Crippen LogP contribution in [0.3, 0.4) is 0 Å². The van der Waals surface area contributed by atoms with Gasteiger partial charge in [-0.3, -0.25) is 4.79 Å². The van der Waals surface area contributed by atoms with Crippen molar-refractivity contribution in [2.45, 2.75) is 26.2 Å². The van der Waals surface area contributed by atoms with E-state index in [9.17, 15) is 4.79 Å². The normalized spacial score (nSPS) is 23.4. The van der Waals surface area contributed by atoms with E-state index in [1.54, 1.807) is 0 Å². The Bertz CT molecular complexity index is 403. The highest BCUT2D eigenvalue weighted by Gasteiger charge is 2.36. The zero-order chi connectivity index (χ0) is 11.5. The second-order valence-corrected chi connectivity index (χ2v) is 4.35. The van der Waals surface area contributed by atoms with Crippen LogP contribution in [-0.2, 0) is 9.53 Å². The predicted octanol–water partition coefficient (Wildman–Crippen LogP) is 3.18. The van der Waals surface area contributed by atoms with Gasteiger partial charge in [-0.15, -0.1) is 0 Å². The third-order valence-electron chi connectivity index (χ3n) is 2.91. The minimum atomic E-state index is -0.260. The van der Waals surface area contributed by atoms with Gasteiger partial charge in [0.25, 0.3) is 0 Å². The molecule has 2 nitrogen and oxygen atoms in total. The number of aryl methyl sites for hydroxylation is 1. The van der Waals surface area contributed by atoms with Gasteiger partial charge in [0.15, 0.2) is 0 Å². The van der Waals surface area contributed by atoms with Crippen LogP contribution in [0.25, 0.3) is 0 Å². The van der Waals surface area contributed by atoms with Crippen molar-refractivity contribution in [3.63, 3.8) is 0 Å². The van der Waals surface area contributed by atoms with E-state index in [-0.39, 0.29) is 5.97 Å². The van der Waals surface area contributed by atoms with Crippen LogP contribution >= 0.6 is 0 Å².